The van der Waals surface area contributed by atoms with E-state index in [-0.39, 0.29) is 5.54 Å². The topological polar surface area (TPSA) is 38.9 Å². The Morgan fingerprint density at radius 3 is 2.94 bits per heavy atom. The number of hydrogen-bond donors (Lipinski definition) is 1. The maximum atomic E-state index is 6.14. The first-order chi connectivity index (χ1) is 8.56. The molecule has 0 amide bonds. The van der Waals surface area contributed by atoms with Crippen LogP contribution in [0.1, 0.15) is 23.4 Å². The zero-order valence-electron chi connectivity index (χ0n) is 10.2. The van der Waals surface area contributed by atoms with Crippen LogP contribution in [0.3, 0.4) is 0 Å². The first-order valence-corrected chi connectivity index (χ1v) is 7.73. The van der Waals surface area contributed by atoms with Gasteiger partial charge in [-0.15, -0.1) is 11.3 Å². The molecule has 0 radical (unpaired) electrons. The van der Waals surface area contributed by atoms with Gasteiger partial charge >= 0.3 is 0 Å². The molecule has 2 N–H and O–H groups in total. The number of halogens is 1. The van der Waals surface area contributed by atoms with E-state index in [0.717, 1.165) is 34.4 Å². The van der Waals surface area contributed by atoms with E-state index >= 15 is 0 Å². The number of thiazole rings is 1. The van der Waals surface area contributed by atoms with Crippen molar-refractivity contribution >= 4 is 27.3 Å². The van der Waals surface area contributed by atoms with E-state index in [0.29, 0.717) is 0 Å². The molecule has 0 atom stereocenters. The third-order valence-electron chi connectivity index (χ3n) is 3.42. The highest BCUT2D eigenvalue weighted by molar-refractivity contribution is 9.10. The second kappa shape index (κ2) is 4.44. The summed E-state index contributed by atoms with van der Waals surface area (Å²) >= 11 is 5.23. The van der Waals surface area contributed by atoms with Crippen LogP contribution < -0.4 is 5.73 Å². The predicted octanol–water partition coefficient (Wildman–Crippen LogP) is 3.91. The normalized spacial score (nSPS) is 16.8. The monoisotopic (exact) mass is 322 g/mol. The van der Waals surface area contributed by atoms with E-state index < -0.39 is 0 Å². The number of nitrogens with two attached hydrogens (primary N) is 1. The Kier molecular flexibility index (Phi) is 3.04. The highest BCUT2D eigenvalue weighted by Crippen LogP contribution is 2.37. The zero-order valence-corrected chi connectivity index (χ0v) is 12.6. The van der Waals surface area contributed by atoms with Gasteiger partial charge in [0.2, 0.25) is 0 Å². The fraction of sp³-hybridized carbons (Fsp3) is 0.357. The molecule has 1 aromatic carbocycles. The van der Waals surface area contributed by atoms with Crippen molar-refractivity contribution < 1.29 is 0 Å². The lowest BCUT2D eigenvalue weighted by Crippen LogP contribution is -2.24. The summed E-state index contributed by atoms with van der Waals surface area (Å²) in [5.74, 6) is 0. The number of hydrogen-bond acceptors (Lipinski definition) is 3. The van der Waals surface area contributed by atoms with E-state index in [1.807, 2.05) is 0 Å². The van der Waals surface area contributed by atoms with Crippen LogP contribution in [0.15, 0.2) is 28.1 Å². The first kappa shape index (κ1) is 12.3. The van der Waals surface area contributed by atoms with Crippen molar-refractivity contribution in [3.8, 4) is 11.3 Å². The molecule has 18 heavy (non-hydrogen) atoms. The minimum atomic E-state index is 0.0431. The van der Waals surface area contributed by atoms with E-state index in [4.69, 9.17) is 10.7 Å². The molecule has 94 valence electrons. The maximum Gasteiger partial charge on any atom is 0.0950 e. The highest BCUT2D eigenvalue weighted by Gasteiger charge is 2.38. The van der Waals surface area contributed by atoms with Gasteiger partial charge in [0.05, 0.1) is 10.7 Å². The van der Waals surface area contributed by atoms with Gasteiger partial charge in [-0.1, -0.05) is 22.0 Å². The van der Waals surface area contributed by atoms with Crippen LogP contribution in [-0.2, 0) is 6.42 Å². The van der Waals surface area contributed by atoms with Crippen LogP contribution in [-0.4, -0.2) is 10.5 Å². The molecule has 1 saturated carbocycles. The Morgan fingerprint density at radius 2 is 2.22 bits per heavy atom. The van der Waals surface area contributed by atoms with Gasteiger partial charge in [-0.3, -0.25) is 0 Å². The fourth-order valence-corrected chi connectivity index (χ4v) is 3.33. The lowest BCUT2D eigenvalue weighted by atomic mass is 10.1. The van der Waals surface area contributed by atoms with Crippen LogP contribution in [0, 0.1) is 6.92 Å². The number of nitrogens with zero attached hydrogens (tertiary/aromatic N) is 1. The maximum absolute atomic E-state index is 6.14. The molecule has 0 saturated heterocycles. The van der Waals surface area contributed by atoms with Gasteiger partial charge in [-0.05, 0) is 37.5 Å². The lowest BCUT2D eigenvalue weighted by molar-refractivity contribution is 0.669. The van der Waals surface area contributed by atoms with E-state index in [1.54, 1.807) is 11.3 Å². The molecule has 3 rings (SSSR count). The van der Waals surface area contributed by atoms with Gasteiger partial charge in [0.25, 0.3) is 0 Å². The molecule has 0 spiro atoms. The Bertz CT molecular complexity index is 587. The molecule has 2 aromatic rings. The van der Waals surface area contributed by atoms with Crippen molar-refractivity contribution in [2.24, 2.45) is 5.73 Å². The molecule has 0 aliphatic heterocycles. The van der Waals surface area contributed by atoms with E-state index in [1.165, 1.54) is 11.1 Å². The zero-order chi connectivity index (χ0) is 12.8. The van der Waals surface area contributed by atoms with Crippen molar-refractivity contribution in [2.75, 3.05) is 0 Å². The minimum Gasteiger partial charge on any atom is -0.325 e. The Hall–Kier alpha value is -0.710. The average molecular weight is 323 g/mol. The molecule has 1 fully saturated rings. The number of rotatable bonds is 3. The highest BCUT2D eigenvalue weighted by atomic mass is 79.9. The van der Waals surface area contributed by atoms with Gasteiger partial charge in [-0.2, -0.15) is 0 Å². The molecular weight excluding hydrogens is 308 g/mol. The van der Waals surface area contributed by atoms with Gasteiger partial charge in [0, 0.05) is 27.4 Å². The second-order valence-corrected chi connectivity index (χ2v) is 6.98. The molecule has 0 bridgehead atoms. The number of aromatic nitrogens is 1. The molecule has 1 heterocycles. The lowest BCUT2D eigenvalue weighted by Gasteiger charge is -2.05. The molecule has 4 heteroatoms. The van der Waals surface area contributed by atoms with Crippen molar-refractivity contribution in [3.05, 3.63) is 38.6 Å². The summed E-state index contributed by atoms with van der Waals surface area (Å²) in [4.78, 5) is 4.73. The standard InChI is InChI=1S/C14H15BrN2S/c1-9-2-3-10(15)6-11(9)12-8-18-13(17-12)7-14(16)4-5-14/h2-3,6,8H,4-5,7,16H2,1H3. The van der Waals surface area contributed by atoms with Crippen molar-refractivity contribution in [3.63, 3.8) is 0 Å². The van der Waals surface area contributed by atoms with Gasteiger partial charge in [0.15, 0.2) is 0 Å². The summed E-state index contributed by atoms with van der Waals surface area (Å²) < 4.78 is 1.09. The molecule has 0 unspecified atom stereocenters. The van der Waals surface area contributed by atoms with Crippen molar-refractivity contribution in [1.82, 2.24) is 4.98 Å². The van der Waals surface area contributed by atoms with Crippen LogP contribution in [0.4, 0.5) is 0 Å². The van der Waals surface area contributed by atoms with Gasteiger partial charge < -0.3 is 5.73 Å². The van der Waals surface area contributed by atoms with Crippen LogP contribution in [0.2, 0.25) is 0 Å². The Morgan fingerprint density at radius 1 is 1.44 bits per heavy atom. The van der Waals surface area contributed by atoms with Crippen LogP contribution in [0.5, 0.6) is 0 Å². The molecule has 1 aromatic heterocycles. The summed E-state index contributed by atoms with van der Waals surface area (Å²) in [6, 6.07) is 6.30. The Labute approximate surface area is 119 Å². The quantitative estimate of drug-likeness (QED) is 0.930. The summed E-state index contributed by atoms with van der Waals surface area (Å²) in [6.07, 6.45) is 3.19. The van der Waals surface area contributed by atoms with Gasteiger partial charge in [-0.25, -0.2) is 4.98 Å². The summed E-state index contributed by atoms with van der Waals surface area (Å²) in [5, 5.41) is 3.29. The van der Waals surface area contributed by atoms with E-state index in [9.17, 15) is 0 Å². The molecule has 1 aliphatic carbocycles. The molecular formula is C14H15BrN2S. The molecule has 1 aliphatic rings. The summed E-state index contributed by atoms with van der Waals surface area (Å²) in [7, 11) is 0. The second-order valence-electron chi connectivity index (χ2n) is 5.12. The predicted molar refractivity (Wildman–Crippen MR) is 79.8 cm³/mol. The van der Waals surface area contributed by atoms with Crippen molar-refractivity contribution in [2.45, 2.75) is 31.7 Å². The Balaban J connectivity index is 1.90. The minimum absolute atomic E-state index is 0.0431. The summed E-state index contributed by atoms with van der Waals surface area (Å²) in [5.41, 5.74) is 9.71. The van der Waals surface area contributed by atoms with E-state index in [2.05, 4.69) is 46.4 Å². The SMILES string of the molecule is Cc1ccc(Br)cc1-c1csc(CC2(N)CC2)n1. The van der Waals surface area contributed by atoms with Gasteiger partial charge in [0.1, 0.15) is 0 Å². The van der Waals surface area contributed by atoms with Crippen molar-refractivity contribution in [1.29, 1.82) is 0 Å². The van der Waals surface area contributed by atoms with Crippen LogP contribution in [0.25, 0.3) is 11.3 Å². The molecule has 2 nitrogen and oxygen atoms in total. The number of aryl methyl sites for hydroxylation is 1. The average Bonchev–Trinajstić information content (AvgIpc) is 2.88. The third-order valence-corrected chi connectivity index (χ3v) is 4.76. The fourth-order valence-electron chi connectivity index (χ4n) is 2.02. The van der Waals surface area contributed by atoms with Crippen LogP contribution >= 0.6 is 27.3 Å². The largest absolute Gasteiger partial charge is 0.325 e. The third kappa shape index (κ3) is 2.51. The number of benzene rings is 1. The smallest absolute Gasteiger partial charge is 0.0950 e. The summed E-state index contributed by atoms with van der Waals surface area (Å²) in [6.45, 7) is 2.12. The first-order valence-electron chi connectivity index (χ1n) is 6.06.